The minimum atomic E-state index is -1.30. The highest BCUT2D eigenvalue weighted by Gasteiger charge is 2.42. The van der Waals surface area contributed by atoms with Gasteiger partial charge in [-0.15, -0.1) is 11.8 Å². The largest absolute Gasteiger partial charge is 0.481 e. The van der Waals surface area contributed by atoms with Gasteiger partial charge in [0, 0.05) is 49.7 Å². The van der Waals surface area contributed by atoms with Crippen LogP contribution in [-0.2, 0) is 43.8 Å². The maximum atomic E-state index is 14.3. The predicted octanol–water partition coefficient (Wildman–Crippen LogP) is 1.25. The number of carboxylic acid groups (broad SMARTS) is 2. The first kappa shape index (κ1) is 50.3. The van der Waals surface area contributed by atoms with Crippen molar-refractivity contribution in [2.24, 2.45) is 17.1 Å². The molecule has 328 valence electrons. The van der Waals surface area contributed by atoms with Gasteiger partial charge in [0.15, 0.2) is 0 Å². The molecule has 1 saturated heterocycles. The zero-order valence-electron chi connectivity index (χ0n) is 35.8. The molecule has 18 heteroatoms. The van der Waals surface area contributed by atoms with E-state index in [4.69, 9.17) is 10.8 Å². The third kappa shape index (κ3) is 14.2. The minimum Gasteiger partial charge on any atom is -0.481 e. The first-order valence-electron chi connectivity index (χ1n) is 19.6. The number of likely N-dealkylation sites (N-methyl/N-ethyl adjacent to an activating group) is 2. The molecule has 0 aromatic heterocycles. The van der Waals surface area contributed by atoms with Gasteiger partial charge in [-0.2, -0.15) is 0 Å². The molecule has 2 rings (SSSR count). The highest BCUT2D eigenvalue weighted by atomic mass is 32.2. The number of aliphatic carboxylic acids is 2. The van der Waals surface area contributed by atoms with Crippen LogP contribution in [0.5, 0.6) is 0 Å². The molecule has 8 N–H and O–H groups in total. The van der Waals surface area contributed by atoms with Crippen molar-refractivity contribution in [2.45, 2.75) is 116 Å². The van der Waals surface area contributed by atoms with Crippen molar-refractivity contribution in [1.82, 2.24) is 31.1 Å². The standard InChI is InChI=1S/C41H63N7O10S/c1-23(2)28(47(10)38(56)33(40(4,5)6)46-36(54)32(43-9)41(7,8)25-14-12-11-13-15-25)20-24(3)34(52)45-27(16-17-31(50)51)35(53)44-18-19-48-30(49)21-29(37(48)55)59-22-26(42)39(57)58/h11-15,20,23,26-29,32-33,43H,16-19,21-22,42H2,1-10H3,(H,44,53)(H,45,52)(H,46,54)(H,50,51)(H,57,58)/b24-20+/t26-,27+,28+,29?,32+,33+/m0/s1. The van der Waals surface area contributed by atoms with Crippen LogP contribution in [0.4, 0.5) is 0 Å². The molecule has 1 heterocycles. The normalized spacial score (nSPS) is 17.5. The number of benzene rings is 1. The molecule has 6 atom stereocenters. The third-order valence-electron chi connectivity index (χ3n) is 10.3. The lowest BCUT2D eigenvalue weighted by Gasteiger charge is -2.40. The van der Waals surface area contributed by atoms with E-state index >= 15 is 0 Å². The number of thioether (sulfide) groups is 1. The van der Waals surface area contributed by atoms with E-state index in [-0.39, 0.29) is 55.0 Å². The number of nitrogens with zero attached hydrogens (tertiary/aromatic N) is 2. The van der Waals surface area contributed by atoms with Crippen molar-refractivity contribution in [3.63, 3.8) is 0 Å². The van der Waals surface area contributed by atoms with Crippen LogP contribution in [0.3, 0.4) is 0 Å². The monoisotopic (exact) mass is 845 g/mol. The first-order chi connectivity index (χ1) is 27.3. The number of amides is 6. The van der Waals surface area contributed by atoms with Crippen molar-refractivity contribution >= 4 is 59.1 Å². The number of hydrogen-bond acceptors (Lipinski definition) is 11. The number of nitrogens with one attached hydrogen (secondary N) is 4. The van der Waals surface area contributed by atoms with E-state index in [1.165, 1.54) is 11.8 Å². The highest BCUT2D eigenvalue weighted by Crippen LogP contribution is 2.29. The number of imide groups is 1. The van der Waals surface area contributed by atoms with Crippen LogP contribution in [-0.4, -0.2) is 136 Å². The molecule has 1 aromatic rings. The van der Waals surface area contributed by atoms with Crippen LogP contribution in [0.1, 0.15) is 80.2 Å². The Bertz CT molecular complexity index is 1730. The van der Waals surface area contributed by atoms with E-state index in [0.717, 1.165) is 22.2 Å². The van der Waals surface area contributed by atoms with Crippen LogP contribution in [0, 0.1) is 11.3 Å². The third-order valence-corrected chi connectivity index (χ3v) is 11.7. The number of carboxylic acids is 2. The number of hydrogen-bond donors (Lipinski definition) is 7. The average Bonchev–Trinajstić information content (AvgIpc) is 3.43. The van der Waals surface area contributed by atoms with Crippen molar-refractivity contribution in [3.8, 4) is 0 Å². The summed E-state index contributed by atoms with van der Waals surface area (Å²) in [5.41, 5.74) is 5.24. The number of nitrogens with two attached hydrogens (primary N) is 1. The fraction of sp³-hybridized carbons (Fsp3) is 0.610. The SMILES string of the molecule is CN[C@H](C(=O)N[C@H](C(=O)N(C)[C@H](/C=C(\C)C(=O)N[C@H](CCC(=O)O)C(=O)NCCN1C(=O)CC(SC[C@H](N)C(=O)O)C1=O)C(C)C)C(C)(C)C)C(C)(C)c1ccccc1. The van der Waals surface area contributed by atoms with Gasteiger partial charge in [-0.1, -0.05) is 84.9 Å². The van der Waals surface area contributed by atoms with Gasteiger partial charge in [0.2, 0.25) is 35.4 Å². The minimum absolute atomic E-state index is 0.0753. The molecule has 0 radical (unpaired) electrons. The highest BCUT2D eigenvalue weighted by molar-refractivity contribution is 8.00. The molecule has 0 aliphatic carbocycles. The second kappa shape index (κ2) is 22.0. The molecule has 1 fully saturated rings. The van der Waals surface area contributed by atoms with Gasteiger partial charge in [0.05, 0.1) is 17.3 Å². The summed E-state index contributed by atoms with van der Waals surface area (Å²) >= 11 is 0.960. The van der Waals surface area contributed by atoms with Crippen LogP contribution in [0.25, 0.3) is 0 Å². The van der Waals surface area contributed by atoms with Gasteiger partial charge >= 0.3 is 11.9 Å². The maximum absolute atomic E-state index is 14.3. The Morgan fingerprint density at radius 3 is 2.12 bits per heavy atom. The molecule has 1 unspecified atom stereocenters. The summed E-state index contributed by atoms with van der Waals surface area (Å²) < 4.78 is 0. The predicted molar refractivity (Wildman–Crippen MR) is 224 cm³/mol. The lowest BCUT2D eigenvalue weighted by Crippen LogP contribution is -2.61. The Labute approximate surface area is 351 Å². The maximum Gasteiger partial charge on any atom is 0.321 e. The summed E-state index contributed by atoms with van der Waals surface area (Å²) in [5, 5.41) is 28.8. The summed E-state index contributed by atoms with van der Waals surface area (Å²) in [6.45, 7) is 14.3. The molecular weight excluding hydrogens is 783 g/mol. The lowest BCUT2D eigenvalue weighted by molar-refractivity contribution is -0.141. The quantitative estimate of drug-likeness (QED) is 0.0642. The van der Waals surface area contributed by atoms with Gasteiger partial charge in [-0.25, -0.2) is 0 Å². The number of likely N-dealkylation sites (tertiary alicyclic amines) is 1. The van der Waals surface area contributed by atoms with Gasteiger partial charge in [-0.3, -0.25) is 43.3 Å². The second-order valence-corrected chi connectivity index (χ2v) is 18.0. The van der Waals surface area contributed by atoms with E-state index in [9.17, 15) is 43.5 Å². The van der Waals surface area contributed by atoms with E-state index in [1.54, 1.807) is 20.2 Å². The molecular formula is C41H63N7O10S. The molecule has 0 spiro atoms. The van der Waals surface area contributed by atoms with Crippen molar-refractivity contribution in [1.29, 1.82) is 0 Å². The van der Waals surface area contributed by atoms with E-state index in [1.807, 2.05) is 78.8 Å². The lowest BCUT2D eigenvalue weighted by atomic mass is 9.76. The number of rotatable bonds is 22. The fourth-order valence-corrected chi connectivity index (χ4v) is 7.81. The summed E-state index contributed by atoms with van der Waals surface area (Å²) in [5.74, 6) is -5.94. The van der Waals surface area contributed by atoms with Crippen molar-refractivity contribution in [2.75, 3.05) is 32.9 Å². The van der Waals surface area contributed by atoms with Gasteiger partial charge in [-0.05, 0) is 37.3 Å². The molecule has 1 aliphatic heterocycles. The molecule has 59 heavy (non-hydrogen) atoms. The van der Waals surface area contributed by atoms with E-state index < -0.39 is 88.3 Å². The van der Waals surface area contributed by atoms with Crippen molar-refractivity contribution in [3.05, 3.63) is 47.5 Å². The number of carbonyl (C=O) groups is 8. The van der Waals surface area contributed by atoms with Crippen LogP contribution in [0.15, 0.2) is 42.0 Å². The molecule has 1 aromatic carbocycles. The van der Waals surface area contributed by atoms with E-state index in [0.29, 0.717) is 0 Å². The zero-order chi connectivity index (χ0) is 45.0. The topological polar surface area (TPSA) is 258 Å². The Morgan fingerprint density at radius 2 is 1.59 bits per heavy atom. The Morgan fingerprint density at radius 1 is 0.983 bits per heavy atom. The molecule has 1 aliphatic rings. The first-order valence-corrected chi connectivity index (χ1v) is 20.6. The molecule has 17 nitrogen and oxygen atoms in total. The Kier molecular flexibility index (Phi) is 18.8. The molecule has 0 saturated carbocycles. The molecule has 0 bridgehead atoms. The fourth-order valence-electron chi connectivity index (χ4n) is 6.69. The summed E-state index contributed by atoms with van der Waals surface area (Å²) in [4.78, 5) is 105. The molecule has 6 amide bonds. The van der Waals surface area contributed by atoms with Gasteiger partial charge in [0.1, 0.15) is 18.1 Å². The summed E-state index contributed by atoms with van der Waals surface area (Å²) in [7, 11) is 3.28. The van der Waals surface area contributed by atoms with E-state index in [2.05, 4.69) is 21.3 Å². The summed E-state index contributed by atoms with van der Waals surface area (Å²) in [6.07, 6.45) is 0.714. The van der Waals surface area contributed by atoms with Crippen molar-refractivity contribution < 1.29 is 48.6 Å². The zero-order valence-corrected chi connectivity index (χ0v) is 36.6. The van der Waals surface area contributed by atoms with Gasteiger partial charge in [0.25, 0.3) is 0 Å². The van der Waals surface area contributed by atoms with Gasteiger partial charge < -0.3 is 42.1 Å². The van der Waals surface area contributed by atoms with Crippen LogP contribution < -0.4 is 27.0 Å². The Hall–Kier alpha value is -4.81. The average molecular weight is 846 g/mol. The van der Waals surface area contributed by atoms with Crippen LogP contribution >= 0.6 is 11.8 Å². The van der Waals surface area contributed by atoms with Crippen LogP contribution in [0.2, 0.25) is 0 Å². The Balaban J connectivity index is 2.21. The smallest absolute Gasteiger partial charge is 0.321 e. The second-order valence-electron chi connectivity index (χ2n) is 16.8. The summed E-state index contributed by atoms with van der Waals surface area (Å²) in [6, 6.07) is 4.79. The number of carbonyl (C=O) groups excluding carboxylic acids is 6.